The van der Waals surface area contributed by atoms with Gasteiger partial charge in [0.05, 0.1) is 13.7 Å². The highest BCUT2D eigenvalue weighted by Crippen LogP contribution is 2.29. The van der Waals surface area contributed by atoms with E-state index in [0.717, 1.165) is 11.1 Å². The summed E-state index contributed by atoms with van der Waals surface area (Å²) in [4.78, 5) is 16.9. The number of fused-ring (bicyclic) bond motifs is 1. The van der Waals surface area contributed by atoms with Crippen molar-refractivity contribution in [1.29, 1.82) is 0 Å². The van der Waals surface area contributed by atoms with Crippen LogP contribution in [-0.2, 0) is 4.79 Å². The van der Waals surface area contributed by atoms with Gasteiger partial charge >= 0.3 is 0 Å². The van der Waals surface area contributed by atoms with Gasteiger partial charge in [-0.2, -0.15) is 0 Å². The number of oxazole rings is 1. The van der Waals surface area contributed by atoms with Crippen molar-refractivity contribution in [2.75, 3.05) is 19.0 Å². The van der Waals surface area contributed by atoms with E-state index in [1.54, 1.807) is 43.5 Å². The molecule has 1 N–H and O–H groups in total. The first kappa shape index (κ1) is 21.5. The van der Waals surface area contributed by atoms with E-state index in [2.05, 4.69) is 10.3 Å². The van der Waals surface area contributed by atoms with Crippen LogP contribution >= 0.6 is 11.6 Å². The van der Waals surface area contributed by atoms with Crippen LogP contribution in [0.25, 0.3) is 28.6 Å². The van der Waals surface area contributed by atoms with Gasteiger partial charge in [-0.15, -0.1) is 0 Å². The van der Waals surface area contributed by atoms with Crippen molar-refractivity contribution >= 4 is 40.4 Å². The minimum Gasteiger partial charge on any atom is -0.493 e. The average molecular weight is 449 g/mol. The number of rotatable bonds is 7. The Labute approximate surface area is 190 Å². The molecule has 0 atom stereocenters. The summed E-state index contributed by atoms with van der Waals surface area (Å²) in [5.41, 5.74) is 3.46. The third kappa shape index (κ3) is 4.92. The van der Waals surface area contributed by atoms with Gasteiger partial charge in [-0.1, -0.05) is 23.7 Å². The van der Waals surface area contributed by atoms with Crippen LogP contribution in [0.4, 0.5) is 5.69 Å². The summed E-state index contributed by atoms with van der Waals surface area (Å²) in [5, 5.41) is 3.44. The zero-order valence-electron chi connectivity index (χ0n) is 17.6. The SMILES string of the molecule is CCOc1ccc(/C=C/C(=O)Nc2ccc3nc(-c4cccc(Cl)c4)oc3c2)cc1OC. The van der Waals surface area contributed by atoms with Crippen LogP contribution in [0.2, 0.25) is 5.02 Å². The number of nitrogens with zero attached hydrogens (tertiary/aromatic N) is 1. The predicted molar refractivity (Wildman–Crippen MR) is 126 cm³/mol. The highest BCUT2D eigenvalue weighted by atomic mass is 35.5. The van der Waals surface area contributed by atoms with E-state index in [-0.39, 0.29) is 5.91 Å². The third-order valence-electron chi connectivity index (χ3n) is 4.64. The summed E-state index contributed by atoms with van der Waals surface area (Å²) in [5.74, 6) is 1.47. The molecular weight excluding hydrogens is 428 g/mol. The van der Waals surface area contributed by atoms with E-state index < -0.39 is 0 Å². The molecule has 0 saturated carbocycles. The molecular formula is C25H21ClN2O4. The Balaban J connectivity index is 1.47. The molecule has 0 bridgehead atoms. The number of ether oxygens (including phenoxy) is 2. The Morgan fingerprint density at radius 2 is 2.00 bits per heavy atom. The zero-order chi connectivity index (χ0) is 22.5. The lowest BCUT2D eigenvalue weighted by atomic mass is 10.2. The minimum atomic E-state index is -0.271. The lowest BCUT2D eigenvalue weighted by Gasteiger charge is -2.09. The molecule has 1 aromatic heterocycles. The molecule has 0 unspecified atom stereocenters. The monoisotopic (exact) mass is 448 g/mol. The second kappa shape index (κ2) is 9.58. The highest BCUT2D eigenvalue weighted by Gasteiger charge is 2.10. The number of halogens is 1. The minimum absolute atomic E-state index is 0.271. The summed E-state index contributed by atoms with van der Waals surface area (Å²) in [6.45, 7) is 2.45. The van der Waals surface area contributed by atoms with Crippen LogP contribution < -0.4 is 14.8 Å². The average Bonchev–Trinajstić information content (AvgIpc) is 3.22. The Morgan fingerprint density at radius 3 is 2.78 bits per heavy atom. The number of hydrogen-bond acceptors (Lipinski definition) is 5. The van der Waals surface area contributed by atoms with E-state index in [1.807, 2.05) is 37.3 Å². The quantitative estimate of drug-likeness (QED) is 0.340. The maximum absolute atomic E-state index is 12.4. The molecule has 1 heterocycles. The second-order valence-corrected chi connectivity index (χ2v) is 7.31. The molecule has 0 aliphatic carbocycles. The third-order valence-corrected chi connectivity index (χ3v) is 4.88. The predicted octanol–water partition coefficient (Wildman–Crippen LogP) is 6.21. The summed E-state index contributed by atoms with van der Waals surface area (Å²) in [6, 6.07) is 18.1. The van der Waals surface area contributed by atoms with Gasteiger partial charge in [0.15, 0.2) is 17.1 Å². The lowest BCUT2D eigenvalue weighted by Crippen LogP contribution is -2.07. The molecule has 4 aromatic rings. The van der Waals surface area contributed by atoms with Gasteiger partial charge < -0.3 is 19.2 Å². The van der Waals surface area contributed by atoms with Crippen LogP contribution in [0.3, 0.4) is 0 Å². The van der Waals surface area contributed by atoms with Crippen molar-refractivity contribution in [2.45, 2.75) is 6.92 Å². The number of methoxy groups -OCH3 is 1. The van der Waals surface area contributed by atoms with Gasteiger partial charge in [-0.3, -0.25) is 4.79 Å². The number of aromatic nitrogens is 1. The molecule has 1 amide bonds. The Hall–Kier alpha value is -3.77. The van der Waals surface area contributed by atoms with Gasteiger partial charge in [0.1, 0.15) is 5.52 Å². The van der Waals surface area contributed by atoms with E-state index in [0.29, 0.717) is 45.8 Å². The first-order chi connectivity index (χ1) is 15.6. The van der Waals surface area contributed by atoms with Gasteiger partial charge in [0.2, 0.25) is 11.8 Å². The number of anilines is 1. The van der Waals surface area contributed by atoms with E-state index in [9.17, 15) is 4.79 Å². The van der Waals surface area contributed by atoms with Crippen molar-refractivity contribution in [2.24, 2.45) is 0 Å². The molecule has 0 aliphatic rings. The lowest BCUT2D eigenvalue weighted by molar-refractivity contribution is -0.111. The molecule has 162 valence electrons. The van der Waals surface area contributed by atoms with Crippen LogP contribution in [0.15, 0.2) is 71.2 Å². The fraction of sp³-hybridized carbons (Fsp3) is 0.120. The van der Waals surface area contributed by atoms with E-state index >= 15 is 0 Å². The number of hydrogen-bond donors (Lipinski definition) is 1. The van der Waals surface area contributed by atoms with Crippen LogP contribution in [0, 0.1) is 0 Å². The maximum atomic E-state index is 12.4. The molecule has 0 saturated heterocycles. The molecule has 6 nitrogen and oxygen atoms in total. The number of amides is 1. The highest BCUT2D eigenvalue weighted by molar-refractivity contribution is 6.30. The molecule has 4 rings (SSSR count). The van der Waals surface area contributed by atoms with Crippen molar-refractivity contribution in [3.8, 4) is 23.0 Å². The van der Waals surface area contributed by atoms with Crippen LogP contribution in [0.1, 0.15) is 12.5 Å². The zero-order valence-corrected chi connectivity index (χ0v) is 18.3. The van der Waals surface area contributed by atoms with E-state index in [1.165, 1.54) is 6.08 Å². The maximum Gasteiger partial charge on any atom is 0.248 e. The molecule has 7 heteroatoms. The number of benzene rings is 3. The van der Waals surface area contributed by atoms with E-state index in [4.69, 9.17) is 25.5 Å². The Kier molecular flexibility index (Phi) is 6.42. The summed E-state index contributed by atoms with van der Waals surface area (Å²) < 4.78 is 16.7. The van der Waals surface area contributed by atoms with Gasteiger partial charge in [-0.25, -0.2) is 4.98 Å². The van der Waals surface area contributed by atoms with Gasteiger partial charge in [0, 0.05) is 28.4 Å². The topological polar surface area (TPSA) is 73.6 Å². The number of carbonyl (C=O) groups excluding carboxylic acids is 1. The Morgan fingerprint density at radius 1 is 1.12 bits per heavy atom. The molecule has 0 spiro atoms. The summed E-state index contributed by atoms with van der Waals surface area (Å²) >= 11 is 6.05. The molecule has 0 radical (unpaired) electrons. The van der Waals surface area contributed by atoms with Crippen molar-refractivity contribution in [3.05, 3.63) is 77.3 Å². The van der Waals surface area contributed by atoms with Gasteiger partial charge in [0.25, 0.3) is 0 Å². The summed E-state index contributed by atoms with van der Waals surface area (Å²) in [6.07, 6.45) is 3.16. The van der Waals surface area contributed by atoms with Crippen LogP contribution in [0.5, 0.6) is 11.5 Å². The number of carbonyl (C=O) groups is 1. The largest absolute Gasteiger partial charge is 0.493 e. The first-order valence-electron chi connectivity index (χ1n) is 10.0. The standard InChI is InChI=1S/C25H21ClN2O4/c1-3-31-21-11-7-16(13-23(21)30-2)8-12-24(29)27-19-9-10-20-22(15-19)32-25(28-20)17-5-4-6-18(26)14-17/h4-15H,3H2,1-2H3,(H,27,29)/b12-8+. The van der Waals surface area contributed by atoms with Crippen molar-refractivity contribution in [1.82, 2.24) is 4.98 Å². The molecule has 0 aliphatic heterocycles. The first-order valence-corrected chi connectivity index (χ1v) is 10.4. The molecule has 0 fully saturated rings. The fourth-order valence-electron chi connectivity index (χ4n) is 3.17. The normalized spacial score (nSPS) is 11.1. The fourth-order valence-corrected chi connectivity index (χ4v) is 3.36. The molecule has 32 heavy (non-hydrogen) atoms. The van der Waals surface area contributed by atoms with Crippen molar-refractivity contribution in [3.63, 3.8) is 0 Å². The van der Waals surface area contributed by atoms with Crippen molar-refractivity contribution < 1.29 is 18.7 Å². The smallest absolute Gasteiger partial charge is 0.248 e. The second-order valence-electron chi connectivity index (χ2n) is 6.88. The number of nitrogens with one attached hydrogen (secondary N) is 1. The van der Waals surface area contributed by atoms with Gasteiger partial charge in [-0.05, 0) is 61.0 Å². The summed E-state index contributed by atoms with van der Waals surface area (Å²) in [7, 11) is 1.58. The van der Waals surface area contributed by atoms with Crippen LogP contribution in [-0.4, -0.2) is 24.6 Å². The molecule has 3 aromatic carbocycles. The Bertz CT molecular complexity index is 1300.